The summed E-state index contributed by atoms with van der Waals surface area (Å²) >= 11 is 5.97. The average molecular weight is 377 g/mol. The lowest BCUT2D eigenvalue weighted by Gasteiger charge is -2.23. The zero-order valence-corrected chi connectivity index (χ0v) is 15.4. The van der Waals surface area contributed by atoms with Crippen LogP contribution in [-0.4, -0.2) is 29.1 Å². The molecule has 1 aliphatic rings. The Labute approximate surface area is 150 Å². The first kappa shape index (κ1) is 16.5. The zero-order valence-electron chi connectivity index (χ0n) is 13.8. The number of hydrogen-bond acceptors (Lipinski definition) is 5. The standard InChI is InChI=1S/C17H17ClN4O2S/c1-10-6-12-8-20-17-16(11(2)21-22(17)15(12)9-19-10)25(23,24)14-5-3-4-13(18)7-14/h3-5,7-8,10,19H,6,9H2,1-2H3. The number of halogens is 1. The normalized spacial score (nSPS) is 17.6. The predicted octanol–water partition coefficient (Wildman–Crippen LogP) is 2.56. The largest absolute Gasteiger partial charge is 0.308 e. The third-order valence-corrected chi connectivity index (χ3v) is 6.60. The average Bonchev–Trinajstić information content (AvgIpc) is 2.91. The van der Waals surface area contributed by atoms with Gasteiger partial charge in [-0.05, 0) is 44.0 Å². The third-order valence-electron chi connectivity index (χ3n) is 4.47. The second-order valence-electron chi connectivity index (χ2n) is 6.33. The van der Waals surface area contributed by atoms with Gasteiger partial charge in [-0.2, -0.15) is 5.10 Å². The van der Waals surface area contributed by atoms with Crippen LogP contribution in [0.4, 0.5) is 0 Å². The number of aryl methyl sites for hydroxylation is 1. The minimum absolute atomic E-state index is 0.135. The van der Waals surface area contributed by atoms with Gasteiger partial charge in [0.05, 0.1) is 16.3 Å². The molecule has 0 spiro atoms. The molecule has 2 aromatic heterocycles. The SMILES string of the molecule is Cc1nn2c3c(cnc2c1S(=O)(=O)c1cccc(Cl)c1)CC(C)NC3. The van der Waals surface area contributed by atoms with Gasteiger partial charge in [-0.3, -0.25) is 0 Å². The highest BCUT2D eigenvalue weighted by molar-refractivity contribution is 7.91. The lowest BCUT2D eigenvalue weighted by atomic mass is 10.0. The molecule has 0 saturated heterocycles. The number of rotatable bonds is 2. The van der Waals surface area contributed by atoms with Crippen LogP contribution >= 0.6 is 11.6 Å². The van der Waals surface area contributed by atoms with Gasteiger partial charge in [0, 0.05) is 23.8 Å². The van der Waals surface area contributed by atoms with Gasteiger partial charge >= 0.3 is 0 Å². The number of nitrogens with zero attached hydrogens (tertiary/aromatic N) is 3. The summed E-state index contributed by atoms with van der Waals surface area (Å²) in [6.07, 6.45) is 2.60. The van der Waals surface area contributed by atoms with Crippen LogP contribution in [0.25, 0.3) is 5.65 Å². The maximum atomic E-state index is 13.1. The van der Waals surface area contributed by atoms with Gasteiger partial charge in [0.15, 0.2) is 5.65 Å². The quantitative estimate of drug-likeness (QED) is 0.743. The van der Waals surface area contributed by atoms with Crippen molar-refractivity contribution in [3.63, 3.8) is 0 Å². The molecule has 1 unspecified atom stereocenters. The third kappa shape index (κ3) is 2.63. The summed E-state index contributed by atoms with van der Waals surface area (Å²) < 4.78 is 27.9. The Morgan fingerprint density at radius 2 is 2.16 bits per heavy atom. The molecule has 1 N–H and O–H groups in total. The first-order valence-corrected chi connectivity index (χ1v) is 9.84. The lowest BCUT2D eigenvalue weighted by Crippen LogP contribution is -2.34. The number of benzene rings is 1. The lowest BCUT2D eigenvalue weighted by molar-refractivity contribution is 0.494. The van der Waals surface area contributed by atoms with Crippen LogP contribution < -0.4 is 5.32 Å². The van der Waals surface area contributed by atoms with Gasteiger partial charge in [-0.1, -0.05) is 17.7 Å². The molecule has 1 aliphatic heterocycles. The minimum Gasteiger partial charge on any atom is -0.308 e. The van der Waals surface area contributed by atoms with Crippen LogP contribution in [0.2, 0.25) is 5.02 Å². The molecule has 3 heterocycles. The second kappa shape index (κ2) is 5.79. The molecular weight excluding hydrogens is 360 g/mol. The molecule has 8 heteroatoms. The molecule has 0 bridgehead atoms. The van der Waals surface area contributed by atoms with Crippen molar-refractivity contribution in [1.82, 2.24) is 19.9 Å². The van der Waals surface area contributed by atoms with E-state index < -0.39 is 9.84 Å². The predicted molar refractivity (Wildman–Crippen MR) is 94.6 cm³/mol. The molecular formula is C17H17ClN4O2S. The zero-order chi connectivity index (χ0) is 17.8. The van der Waals surface area contributed by atoms with Crippen molar-refractivity contribution in [2.24, 2.45) is 0 Å². The van der Waals surface area contributed by atoms with Crippen LogP contribution in [0.1, 0.15) is 23.9 Å². The minimum atomic E-state index is -3.76. The fourth-order valence-corrected chi connectivity index (χ4v) is 5.09. The van der Waals surface area contributed by atoms with Gasteiger partial charge in [0.2, 0.25) is 9.84 Å². The van der Waals surface area contributed by atoms with E-state index in [4.69, 9.17) is 11.6 Å². The smallest absolute Gasteiger partial charge is 0.212 e. The molecule has 0 aliphatic carbocycles. The number of hydrogen-bond donors (Lipinski definition) is 1. The summed E-state index contributed by atoms with van der Waals surface area (Å²) in [4.78, 5) is 4.70. The molecule has 1 aromatic carbocycles. The van der Waals surface area contributed by atoms with Crippen molar-refractivity contribution in [3.05, 3.63) is 52.4 Å². The fraction of sp³-hybridized carbons (Fsp3) is 0.294. The summed E-state index contributed by atoms with van der Waals surface area (Å²) in [5.74, 6) is 0. The van der Waals surface area contributed by atoms with Crippen molar-refractivity contribution in [3.8, 4) is 0 Å². The Morgan fingerprint density at radius 3 is 2.92 bits per heavy atom. The summed E-state index contributed by atoms with van der Waals surface area (Å²) in [7, 11) is -3.76. The van der Waals surface area contributed by atoms with Gasteiger partial charge in [-0.25, -0.2) is 17.9 Å². The highest BCUT2D eigenvalue weighted by atomic mass is 35.5. The van der Waals surface area contributed by atoms with Crippen LogP contribution in [0.5, 0.6) is 0 Å². The molecule has 4 rings (SSSR count). The molecule has 130 valence electrons. The molecule has 1 atom stereocenters. The van der Waals surface area contributed by atoms with E-state index in [9.17, 15) is 8.42 Å². The Balaban J connectivity index is 1.96. The van der Waals surface area contributed by atoms with E-state index in [-0.39, 0.29) is 9.79 Å². The van der Waals surface area contributed by atoms with Crippen LogP contribution in [-0.2, 0) is 22.8 Å². The Morgan fingerprint density at radius 1 is 1.36 bits per heavy atom. The van der Waals surface area contributed by atoms with Crippen molar-refractivity contribution in [1.29, 1.82) is 0 Å². The van der Waals surface area contributed by atoms with E-state index >= 15 is 0 Å². The molecule has 6 nitrogen and oxygen atoms in total. The van der Waals surface area contributed by atoms with Crippen LogP contribution in [0.15, 0.2) is 40.3 Å². The van der Waals surface area contributed by atoms with Crippen LogP contribution in [0.3, 0.4) is 0 Å². The van der Waals surface area contributed by atoms with Crippen molar-refractivity contribution in [2.75, 3.05) is 0 Å². The van der Waals surface area contributed by atoms with Crippen molar-refractivity contribution < 1.29 is 8.42 Å². The molecule has 25 heavy (non-hydrogen) atoms. The number of aromatic nitrogens is 3. The summed E-state index contributed by atoms with van der Waals surface area (Å²) in [6, 6.07) is 6.60. The van der Waals surface area contributed by atoms with Crippen molar-refractivity contribution in [2.45, 2.75) is 42.6 Å². The van der Waals surface area contributed by atoms with E-state index in [1.54, 1.807) is 29.8 Å². The van der Waals surface area contributed by atoms with E-state index in [2.05, 4.69) is 22.3 Å². The van der Waals surface area contributed by atoms with Gasteiger partial charge < -0.3 is 5.32 Å². The highest BCUT2D eigenvalue weighted by Gasteiger charge is 2.29. The van der Waals surface area contributed by atoms with Crippen LogP contribution in [0, 0.1) is 6.92 Å². The molecule has 0 saturated carbocycles. The maximum absolute atomic E-state index is 13.1. The topological polar surface area (TPSA) is 76.4 Å². The molecule has 0 fully saturated rings. The number of nitrogens with one attached hydrogen (secondary N) is 1. The number of fused-ring (bicyclic) bond motifs is 3. The Kier molecular flexibility index (Phi) is 3.82. The van der Waals surface area contributed by atoms with E-state index in [1.807, 2.05) is 0 Å². The van der Waals surface area contributed by atoms with E-state index in [0.29, 0.717) is 29.0 Å². The molecule has 0 amide bonds. The summed E-state index contributed by atoms with van der Waals surface area (Å²) in [6.45, 7) is 4.43. The Bertz CT molecular complexity index is 1090. The van der Waals surface area contributed by atoms with Crippen molar-refractivity contribution >= 4 is 27.1 Å². The summed E-state index contributed by atoms with van der Waals surface area (Å²) in [5, 5.41) is 8.22. The molecule has 0 radical (unpaired) electrons. The number of sulfone groups is 1. The highest BCUT2D eigenvalue weighted by Crippen LogP contribution is 2.30. The van der Waals surface area contributed by atoms with E-state index in [0.717, 1.165) is 17.7 Å². The molecule has 3 aromatic rings. The maximum Gasteiger partial charge on any atom is 0.212 e. The second-order valence-corrected chi connectivity index (χ2v) is 8.65. The van der Waals surface area contributed by atoms with E-state index in [1.165, 1.54) is 12.1 Å². The first-order valence-electron chi connectivity index (χ1n) is 7.98. The van der Waals surface area contributed by atoms with Gasteiger partial charge in [0.25, 0.3) is 0 Å². The first-order chi connectivity index (χ1) is 11.9. The van der Waals surface area contributed by atoms with Gasteiger partial charge in [-0.15, -0.1) is 0 Å². The Hall–Kier alpha value is -1.96. The summed E-state index contributed by atoms with van der Waals surface area (Å²) in [5.41, 5.74) is 2.83. The fourth-order valence-electron chi connectivity index (χ4n) is 3.25. The van der Waals surface area contributed by atoms with Gasteiger partial charge in [0.1, 0.15) is 4.90 Å². The monoisotopic (exact) mass is 376 g/mol.